The van der Waals surface area contributed by atoms with Crippen LogP contribution in [0.2, 0.25) is 0 Å². The van der Waals surface area contributed by atoms with Crippen molar-refractivity contribution in [2.45, 2.75) is 39.0 Å². The molecular formula is C20H28ClN3O2. The van der Waals surface area contributed by atoms with Crippen LogP contribution in [0.3, 0.4) is 0 Å². The topological polar surface area (TPSA) is 61.4 Å². The lowest BCUT2D eigenvalue weighted by Gasteiger charge is -2.23. The number of likely N-dealkylation sites (tertiary alicyclic amines) is 1. The molecule has 2 heterocycles. The van der Waals surface area contributed by atoms with Gasteiger partial charge in [-0.15, -0.1) is 12.4 Å². The second-order valence-corrected chi connectivity index (χ2v) is 7.86. The average molecular weight is 378 g/mol. The number of benzene rings is 1. The highest BCUT2D eigenvalue weighted by Gasteiger charge is 2.57. The van der Waals surface area contributed by atoms with Gasteiger partial charge in [0, 0.05) is 19.0 Å². The zero-order valence-corrected chi connectivity index (χ0v) is 16.2. The quantitative estimate of drug-likeness (QED) is 0.851. The summed E-state index contributed by atoms with van der Waals surface area (Å²) in [5.74, 6) is 0.242. The van der Waals surface area contributed by atoms with E-state index in [1.807, 2.05) is 30.0 Å². The number of piperidine rings is 1. The number of hydrogen-bond acceptors (Lipinski definition) is 3. The molecule has 5 nitrogen and oxygen atoms in total. The second kappa shape index (κ2) is 7.57. The molecule has 1 aromatic rings. The van der Waals surface area contributed by atoms with Crippen molar-refractivity contribution in [1.29, 1.82) is 0 Å². The van der Waals surface area contributed by atoms with Crippen molar-refractivity contribution in [2.75, 3.05) is 31.5 Å². The molecule has 6 heteroatoms. The van der Waals surface area contributed by atoms with Gasteiger partial charge >= 0.3 is 0 Å². The van der Waals surface area contributed by atoms with Gasteiger partial charge in [0.1, 0.15) is 0 Å². The third kappa shape index (κ3) is 3.47. The number of carbonyl (C=O) groups excluding carboxylic acids is 2. The third-order valence-corrected chi connectivity index (χ3v) is 6.24. The Morgan fingerprint density at radius 3 is 2.58 bits per heavy atom. The van der Waals surface area contributed by atoms with Crippen LogP contribution in [-0.2, 0) is 4.79 Å². The van der Waals surface area contributed by atoms with E-state index >= 15 is 0 Å². The molecule has 2 N–H and O–H groups in total. The highest BCUT2D eigenvalue weighted by atomic mass is 35.5. The van der Waals surface area contributed by atoms with Crippen LogP contribution >= 0.6 is 12.4 Å². The molecule has 3 aliphatic rings. The largest absolute Gasteiger partial charge is 0.339 e. The minimum atomic E-state index is 0. The molecule has 0 radical (unpaired) electrons. The molecular weight excluding hydrogens is 350 g/mol. The van der Waals surface area contributed by atoms with Crippen molar-refractivity contribution in [1.82, 2.24) is 10.2 Å². The Morgan fingerprint density at radius 1 is 1.19 bits per heavy atom. The minimum Gasteiger partial charge on any atom is -0.339 e. The van der Waals surface area contributed by atoms with Gasteiger partial charge in [-0.05, 0) is 69.2 Å². The number of halogens is 1. The number of nitrogens with one attached hydrogen (secondary N) is 2. The summed E-state index contributed by atoms with van der Waals surface area (Å²) in [6, 6.07) is 5.73. The first kappa shape index (κ1) is 19.2. The van der Waals surface area contributed by atoms with Crippen molar-refractivity contribution in [2.24, 2.45) is 11.3 Å². The molecule has 0 aromatic heterocycles. The molecule has 2 saturated heterocycles. The smallest absolute Gasteiger partial charge is 0.256 e. The summed E-state index contributed by atoms with van der Waals surface area (Å²) in [6.07, 6.45) is 5.29. The molecule has 1 unspecified atom stereocenters. The van der Waals surface area contributed by atoms with Crippen LogP contribution in [-0.4, -0.2) is 42.9 Å². The van der Waals surface area contributed by atoms with Gasteiger partial charge < -0.3 is 15.5 Å². The van der Waals surface area contributed by atoms with Crippen LogP contribution in [0.15, 0.2) is 18.2 Å². The lowest BCUT2D eigenvalue weighted by molar-refractivity contribution is -0.118. The van der Waals surface area contributed by atoms with Gasteiger partial charge in [0.15, 0.2) is 0 Å². The lowest BCUT2D eigenvalue weighted by Crippen LogP contribution is -2.32. The lowest BCUT2D eigenvalue weighted by atomic mass is 9.91. The summed E-state index contributed by atoms with van der Waals surface area (Å²) in [7, 11) is 0. The van der Waals surface area contributed by atoms with Crippen LogP contribution in [0, 0.1) is 18.3 Å². The van der Waals surface area contributed by atoms with Gasteiger partial charge in [0.2, 0.25) is 5.91 Å². The zero-order chi connectivity index (χ0) is 17.4. The number of aryl methyl sites for hydroxylation is 1. The number of anilines is 1. The Balaban J connectivity index is 0.00000196. The SMILES string of the molecule is Cc1cccc(NC(=O)C2CC23CCNCC3)c1C(=O)N1CCCC1.Cl. The van der Waals surface area contributed by atoms with E-state index in [0.29, 0.717) is 11.3 Å². The highest BCUT2D eigenvalue weighted by molar-refractivity contribution is 6.06. The molecule has 1 spiro atoms. The standard InChI is InChI=1S/C20H27N3O2.ClH/c1-14-5-4-6-16(17(14)19(25)23-11-2-3-12-23)22-18(24)15-13-20(15)7-9-21-10-8-20;/h4-6,15,21H,2-3,7-13H2,1H3,(H,22,24);1H. The number of rotatable bonds is 3. The van der Waals surface area contributed by atoms with Crippen LogP contribution in [0.25, 0.3) is 0 Å². The van der Waals surface area contributed by atoms with Crippen molar-refractivity contribution in [3.05, 3.63) is 29.3 Å². The van der Waals surface area contributed by atoms with Crippen LogP contribution in [0.5, 0.6) is 0 Å². The molecule has 26 heavy (non-hydrogen) atoms. The first-order chi connectivity index (χ1) is 12.1. The summed E-state index contributed by atoms with van der Waals surface area (Å²) in [4.78, 5) is 27.6. The highest BCUT2D eigenvalue weighted by Crippen LogP contribution is 2.58. The monoisotopic (exact) mass is 377 g/mol. The van der Waals surface area contributed by atoms with Crippen LogP contribution in [0.4, 0.5) is 5.69 Å². The molecule has 1 saturated carbocycles. The Bertz CT molecular complexity index is 694. The molecule has 3 fully saturated rings. The van der Waals surface area contributed by atoms with E-state index in [4.69, 9.17) is 0 Å². The van der Waals surface area contributed by atoms with Crippen molar-refractivity contribution >= 4 is 29.9 Å². The normalized spacial score (nSPS) is 23.4. The Hall–Kier alpha value is -1.59. The van der Waals surface area contributed by atoms with Crippen molar-refractivity contribution in [3.63, 3.8) is 0 Å². The first-order valence-electron chi connectivity index (χ1n) is 9.51. The molecule has 2 aliphatic heterocycles. The van der Waals surface area contributed by atoms with Crippen molar-refractivity contribution in [3.8, 4) is 0 Å². The number of carbonyl (C=O) groups is 2. The Morgan fingerprint density at radius 2 is 1.88 bits per heavy atom. The fourth-order valence-corrected chi connectivity index (χ4v) is 4.55. The van der Waals surface area contributed by atoms with E-state index in [2.05, 4.69) is 10.6 Å². The maximum atomic E-state index is 12.9. The van der Waals surface area contributed by atoms with Gasteiger partial charge in [0.05, 0.1) is 11.3 Å². The fraction of sp³-hybridized carbons (Fsp3) is 0.600. The maximum absolute atomic E-state index is 12.9. The number of nitrogens with zero attached hydrogens (tertiary/aromatic N) is 1. The summed E-state index contributed by atoms with van der Waals surface area (Å²) < 4.78 is 0. The summed E-state index contributed by atoms with van der Waals surface area (Å²) in [5, 5.41) is 6.45. The van der Waals surface area contributed by atoms with Gasteiger partial charge in [-0.2, -0.15) is 0 Å². The van der Waals surface area contributed by atoms with E-state index in [9.17, 15) is 9.59 Å². The van der Waals surface area contributed by atoms with Gasteiger partial charge in [-0.3, -0.25) is 9.59 Å². The summed E-state index contributed by atoms with van der Waals surface area (Å²) in [6.45, 7) is 5.60. The Labute approximate surface area is 161 Å². The average Bonchev–Trinajstić information content (AvgIpc) is 3.06. The van der Waals surface area contributed by atoms with Gasteiger partial charge in [-0.25, -0.2) is 0 Å². The van der Waals surface area contributed by atoms with Gasteiger partial charge in [-0.1, -0.05) is 12.1 Å². The van der Waals surface area contributed by atoms with E-state index in [1.54, 1.807) is 0 Å². The number of hydrogen-bond donors (Lipinski definition) is 2. The second-order valence-electron chi connectivity index (χ2n) is 7.86. The van der Waals surface area contributed by atoms with E-state index < -0.39 is 0 Å². The molecule has 1 aliphatic carbocycles. The Kier molecular flexibility index (Phi) is 5.58. The maximum Gasteiger partial charge on any atom is 0.256 e. The summed E-state index contributed by atoms with van der Waals surface area (Å²) in [5.41, 5.74) is 2.48. The summed E-state index contributed by atoms with van der Waals surface area (Å²) >= 11 is 0. The molecule has 0 bridgehead atoms. The van der Waals surface area contributed by atoms with Crippen LogP contribution in [0.1, 0.15) is 48.0 Å². The van der Waals surface area contributed by atoms with Crippen LogP contribution < -0.4 is 10.6 Å². The molecule has 2 amide bonds. The fourth-order valence-electron chi connectivity index (χ4n) is 4.55. The predicted molar refractivity (Wildman–Crippen MR) is 105 cm³/mol. The van der Waals surface area contributed by atoms with E-state index in [-0.39, 0.29) is 35.6 Å². The molecule has 4 rings (SSSR count). The predicted octanol–water partition coefficient (Wildman–Crippen LogP) is 2.98. The van der Waals surface area contributed by atoms with E-state index in [1.165, 1.54) is 0 Å². The zero-order valence-electron chi connectivity index (χ0n) is 15.3. The van der Waals surface area contributed by atoms with E-state index in [0.717, 1.165) is 63.8 Å². The van der Waals surface area contributed by atoms with Gasteiger partial charge in [0.25, 0.3) is 5.91 Å². The number of amides is 2. The van der Waals surface area contributed by atoms with Crippen molar-refractivity contribution < 1.29 is 9.59 Å². The molecule has 1 atom stereocenters. The first-order valence-corrected chi connectivity index (χ1v) is 9.51. The minimum absolute atomic E-state index is 0. The third-order valence-electron chi connectivity index (χ3n) is 6.24. The molecule has 1 aromatic carbocycles. The molecule has 142 valence electrons.